The minimum atomic E-state index is -0.185. The first-order valence-electron chi connectivity index (χ1n) is 9.04. The number of aliphatic imine (C=N–C) groups is 1. The first kappa shape index (κ1) is 18.1. The maximum atomic E-state index is 12.9. The van der Waals surface area contributed by atoms with Crippen molar-refractivity contribution >= 4 is 39.9 Å². The third kappa shape index (κ3) is 3.58. The lowest BCUT2D eigenvalue weighted by molar-refractivity contribution is 0.0948. The third-order valence-corrected chi connectivity index (χ3v) is 4.68. The number of isothiocyanates is 1. The minimum absolute atomic E-state index is 0.185. The summed E-state index contributed by atoms with van der Waals surface area (Å²) in [5.74, 6) is 0.207. The monoisotopic (exact) mass is 390 g/mol. The van der Waals surface area contributed by atoms with Crippen molar-refractivity contribution in [1.29, 1.82) is 0 Å². The Morgan fingerprint density at radius 1 is 1.21 bits per heavy atom. The van der Waals surface area contributed by atoms with E-state index in [2.05, 4.69) is 38.7 Å². The molecule has 0 aliphatic rings. The number of carbonyl (C=O) groups excluding carboxylic acids is 1. The van der Waals surface area contributed by atoms with Crippen LogP contribution in [0.25, 0.3) is 27.9 Å². The van der Waals surface area contributed by atoms with Crippen LogP contribution in [0.3, 0.4) is 0 Å². The molecule has 0 saturated carbocycles. The Morgan fingerprint density at radius 3 is 2.93 bits per heavy atom. The minimum Gasteiger partial charge on any atom is -0.432 e. The quantitative estimate of drug-likeness (QED) is 0.289. The van der Waals surface area contributed by atoms with Crippen LogP contribution in [0, 0.1) is 0 Å². The van der Waals surface area contributed by atoms with Crippen LogP contribution in [-0.2, 0) is 0 Å². The molecule has 0 bridgehead atoms. The van der Waals surface area contributed by atoms with E-state index < -0.39 is 0 Å². The molecule has 0 aliphatic carbocycles. The summed E-state index contributed by atoms with van der Waals surface area (Å²) in [6.45, 7) is 1.17. The van der Waals surface area contributed by atoms with E-state index in [4.69, 9.17) is 4.42 Å². The lowest BCUT2D eigenvalue weighted by Gasteiger charge is -2.07. The van der Waals surface area contributed by atoms with Crippen molar-refractivity contribution in [2.45, 2.75) is 12.8 Å². The fourth-order valence-electron chi connectivity index (χ4n) is 3.19. The van der Waals surface area contributed by atoms with E-state index in [1.165, 1.54) is 6.26 Å². The number of thiocarbonyl (C=S) groups is 1. The number of amides is 1. The molecule has 0 saturated heterocycles. The van der Waals surface area contributed by atoms with Gasteiger partial charge in [-0.1, -0.05) is 36.4 Å². The number of nitrogens with one attached hydrogen (secondary N) is 1. The Morgan fingerprint density at radius 2 is 2.07 bits per heavy atom. The van der Waals surface area contributed by atoms with E-state index >= 15 is 0 Å². The summed E-state index contributed by atoms with van der Waals surface area (Å²) in [5, 5.41) is 7.54. The molecule has 2 heterocycles. The van der Waals surface area contributed by atoms with E-state index in [-0.39, 0.29) is 5.91 Å². The summed E-state index contributed by atoms with van der Waals surface area (Å²) in [7, 11) is 0. The zero-order valence-corrected chi connectivity index (χ0v) is 15.9. The van der Waals surface area contributed by atoms with Crippen LogP contribution in [0.2, 0.25) is 0 Å². The molecule has 0 aliphatic heterocycles. The first-order valence-corrected chi connectivity index (χ1v) is 9.45. The second kappa shape index (κ2) is 8.17. The molecule has 4 aromatic rings. The second-order valence-corrected chi connectivity index (χ2v) is 6.55. The van der Waals surface area contributed by atoms with E-state index in [0.717, 1.165) is 29.2 Å². The van der Waals surface area contributed by atoms with Gasteiger partial charge in [0.05, 0.1) is 5.16 Å². The summed E-state index contributed by atoms with van der Waals surface area (Å²) in [4.78, 5) is 21.3. The molecule has 2 aromatic heterocycles. The molecule has 6 nitrogen and oxygen atoms in total. The molecule has 1 N–H and O–H groups in total. The fourth-order valence-corrected chi connectivity index (χ4v) is 3.28. The summed E-state index contributed by atoms with van der Waals surface area (Å²) in [6.07, 6.45) is 4.88. The number of rotatable bonds is 7. The molecule has 1 amide bonds. The molecule has 4 rings (SSSR count). The normalized spacial score (nSPS) is 10.9. The van der Waals surface area contributed by atoms with Gasteiger partial charge in [0.1, 0.15) is 17.7 Å². The highest BCUT2D eigenvalue weighted by Gasteiger charge is 2.22. The number of carbonyl (C=O) groups is 1. The third-order valence-electron chi connectivity index (χ3n) is 4.55. The standard InChI is InChI=1S/C21H18N4O2S/c26-20(23-10-4-3-9-22-14-28)19-18(24-21-25(19)11-12-27-21)17-8-7-15-5-1-2-6-16(15)13-17/h1-2,5-8,11-13H,3-4,9-10H2,(H,23,26). The van der Waals surface area contributed by atoms with E-state index in [1.807, 2.05) is 36.4 Å². The van der Waals surface area contributed by atoms with Gasteiger partial charge in [0, 0.05) is 24.8 Å². The van der Waals surface area contributed by atoms with Gasteiger partial charge in [-0.25, -0.2) is 4.99 Å². The Balaban J connectivity index is 1.62. The van der Waals surface area contributed by atoms with Crippen molar-refractivity contribution in [2.75, 3.05) is 13.1 Å². The topological polar surface area (TPSA) is 71.9 Å². The molecule has 140 valence electrons. The molecular weight excluding hydrogens is 372 g/mol. The molecule has 0 radical (unpaired) electrons. The Kier molecular flexibility index (Phi) is 5.28. The number of unbranched alkanes of at least 4 members (excludes halogenated alkanes) is 1. The van der Waals surface area contributed by atoms with Crippen molar-refractivity contribution in [3.05, 3.63) is 60.6 Å². The number of aromatic nitrogens is 2. The molecule has 0 atom stereocenters. The molecule has 0 unspecified atom stereocenters. The zero-order chi connectivity index (χ0) is 19.3. The number of nitrogens with zero attached hydrogens (tertiary/aromatic N) is 3. The van der Waals surface area contributed by atoms with Crippen LogP contribution >= 0.6 is 12.2 Å². The van der Waals surface area contributed by atoms with E-state index in [1.54, 1.807) is 10.6 Å². The molecule has 7 heteroatoms. The second-order valence-electron chi connectivity index (χ2n) is 6.36. The highest BCUT2D eigenvalue weighted by Crippen LogP contribution is 2.28. The predicted molar refractivity (Wildman–Crippen MR) is 112 cm³/mol. The van der Waals surface area contributed by atoms with Crippen LogP contribution in [0.5, 0.6) is 0 Å². The van der Waals surface area contributed by atoms with Crippen molar-refractivity contribution in [2.24, 2.45) is 4.99 Å². The largest absolute Gasteiger partial charge is 0.432 e. The van der Waals surface area contributed by atoms with Gasteiger partial charge < -0.3 is 9.73 Å². The fraction of sp³-hybridized carbons (Fsp3) is 0.190. The number of hydrogen-bond donors (Lipinski definition) is 1. The van der Waals surface area contributed by atoms with Gasteiger partial charge in [0.2, 0.25) is 0 Å². The number of fused-ring (bicyclic) bond motifs is 2. The SMILES string of the molecule is O=C(NCCCCN=C=S)c1c(-c2ccc3ccccc3c2)nc2occn12. The van der Waals surface area contributed by atoms with Gasteiger partial charge in [0.25, 0.3) is 5.91 Å². The number of benzene rings is 2. The van der Waals surface area contributed by atoms with Crippen molar-refractivity contribution in [3.8, 4) is 11.3 Å². The Bertz CT molecular complexity index is 1190. The van der Waals surface area contributed by atoms with Gasteiger partial charge in [-0.2, -0.15) is 4.98 Å². The predicted octanol–water partition coefficient (Wildman–Crippen LogP) is 4.36. The summed E-state index contributed by atoms with van der Waals surface area (Å²) >= 11 is 4.55. The van der Waals surface area contributed by atoms with Crippen molar-refractivity contribution in [1.82, 2.24) is 14.7 Å². The lowest BCUT2D eigenvalue weighted by atomic mass is 10.0. The van der Waals surface area contributed by atoms with Crippen molar-refractivity contribution in [3.63, 3.8) is 0 Å². The van der Waals surface area contributed by atoms with Crippen LogP contribution in [0.4, 0.5) is 0 Å². The smallest absolute Gasteiger partial charge is 0.306 e. The molecule has 28 heavy (non-hydrogen) atoms. The van der Waals surface area contributed by atoms with Gasteiger partial charge in [-0.05, 0) is 41.9 Å². The average molecular weight is 390 g/mol. The Labute approximate surface area is 166 Å². The van der Waals surface area contributed by atoms with E-state index in [9.17, 15) is 4.79 Å². The molecule has 2 aromatic carbocycles. The highest BCUT2D eigenvalue weighted by atomic mass is 32.1. The van der Waals surface area contributed by atoms with Crippen LogP contribution < -0.4 is 5.32 Å². The molecule has 0 fully saturated rings. The van der Waals surface area contributed by atoms with Gasteiger partial charge in [-0.3, -0.25) is 9.20 Å². The lowest BCUT2D eigenvalue weighted by Crippen LogP contribution is -2.26. The Hall–Kier alpha value is -3.28. The van der Waals surface area contributed by atoms with Crippen molar-refractivity contribution < 1.29 is 9.21 Å². The number of hydrogen-bond acceptors (Lipinski definition) is 5. The first-order chi connectivity index (χ1) is 13.8. The van der Waals surface area contributed by atoms with Gasteiger partial charge in [-0.15, -0.1) is 0 Å². The zero-order valence-electron chi connectivity index (χ0n) is 15.1. The van der Waals surface area contributed by atoms with Crippen LogP contribution in [-0.4, -0.2) is 33.5 Å². The maximum Gasteiger partial charge on any atom is 0.306 e. The maximum absolute atomic E-state index is 12.9. The van der Waals surface area contributed by atoms with Gasteiger partial charge >= 0.3 is 5.84 Å². The average Bonchev–Trinajstić information content (AvgIpc) is 3.31. The summed E-state index contributed by atoms with van der Waals surface area (Å²) in [5.41, 5.74) is 1.95. The van der Waals surface area contributed by atoms with Crippen LogP contribution in [0.1, 0.15) is 23.3 Å². The summed E-state index contributed by atoms with van der Waals surface area (Å²) in [6, 6.07) is 14.1. The van der Waals surface area contributed by atoms with Gasteiger partial charge in [0.15, 0.2) is 0 Å². The van der Waals surface area contributed by atoms with Crippen LogP contribution in [0.15, 0.2) is 64.3 Å². The van der Waals surface area contributed by atoms with E-state index in [0.29, 0.717) is 30.3 Å². The number of imidazole rings is 1. The highest BCUT2D eigenvalue weighted by molar-refractivity contribution is 7.78. The molecule has 0 spiro atoms. The molecular formula is C21H18N4O2S. The number of oxazole rings is 1. The summed E-state index contributed by atoms with van der Waals surface area (Å²) < 4.78 is 7.09.